The Kier molecular flexibility index (Phi) is 3.21. The SMILES string of the molecule is CCNC(CN1CC2CCCC2C1)C1CC1. The molecule has 3 unspecified atom stereocenters. The van der Waals surface area contributed by atoms with Gasteiger partial charge in [-0.1, -0.05) is 13.3 Å². The van der Waals surface area contributed by atoms with Crippen molar-refractivity contribution >= 4 is 0 Å². The Balaban J connectivity index is 1.50. The zero-order valence-corrected chi connectivity index (χ0v) is 10.6. The Labute approximate surface area is 99.8 Å². The van der Waals surface area contributed by atoms with Gasteiger partial charge in [-0.05, 0) is 50.0 Å². The number of nitrogens with one attached hydrogen (secondary N) is 1. The van der Waals surface area contributed by atoms with Gasteiger partial charge in [0, 0.05) is 25.7 Å². The summed E-state index contributed by atoms with van der Waals surface area (Å²) in [4.78, 5) is 2.75. The lowest BCUT2D eigenvalue weighted by molar-refractivity contribution is 0.259. The van der Waals surface area contributed by atoms with Crippen molar-refractivity contribution in [1.82, 2.24) is 10.2 Å². The minimum absolute atomic E-state index is 0.795. The molecule has 3 fully saturated rings. The van der Waals surface area contributed by atoms with Crippen molar-refractivity contribution in [2.45, 2.75) is 45.1 Å². The fourth-order valence-corrected chi connectivity index (χ4v) is 3.90. The molecule has 2 nitrogen and oxygen atoms in total. The largest absolute Gasteiger partial charge is 0.313 e. The predicted molar refractivity (Wildman–Crippen MR) is 67.5 cm³/mol. The average Bonchev–Trinajstić information content (AvgIpc) is 2.90. The van der Waals surface area contributed by atoms with E-state index in [4.69, 9.17) is 0 Å². The molecule has 1 saturated heterocycles. The Morgan fingerprint density at radius 2 is 1.81 bits per heavy atom. The second-order valence-electron chi connectivity index (χ2n) is 6.17. The molecular formula is C14H26N2. The lowest BCUT2D eigenvalue weighted by atomic mass is 10.0. The Hall–Kier alpha value is -0.0800. The van der Waals surface area contributed by atoms with Gasteiger partial charge in [0.15, 0.2) is 0 Å². The molecule has 1 N–H and O–H groups in total. The molecule has 92 valence electrons. The molecule has 1 aliphatic heterocycles. The van der Waals surface area contributed by atoms with Gasteiger partial charge in [0.1, 0.15) is 0 Å². The van der Waals surface area contributed by atoms with Gasteiger partial charge < -0.3 is 10.2 Å². The van der Waals surface area contributed by atoms with Gasteiger partial charge in [0.05, 0.1) is 0 Å². The molecule has 3 rings (SSSR count). The van der Waals surface area contributed by atoms with Crippen LogP contribution >= 0.6 is 0 Å². The maximum absolute atomic E-state index is 3.70. The van der Waals surface area contributed by atoms with Crippen molar-refractivity contribution in [3.8, 4) is 0 Å². The highest BCUT2D eigenvalue weighted by Gasteiger charge is 2.38. The molecule has 0 spiro atoms. The van der Waals surface area contributed by atoms with Crippen LogP contribution in [0.15, 0.2) is 0 Å². The summed E-state index contributed by atoms with van der Waals surface area (Å²) in [5.74, 6) is 3.11. The quantitative estimate of drug-likeness (QED) is 0.766. The minimum atomic E-state index is 0.795. The average molecular weight is 222 g/mol. The maximum Gasteiger partial charge on any atom is 0.0223 e. The molecule has 3 atom stereocenters. The first-order valence-corrected chi connectivity index (χ1v) is 7.32. The lowest BCUT2D eigenvalue weighted by Gasteiger charge is -2.25. The number of likely N-dealkylation sites (tertiary alicyclic amines) is 1. The highest BCUT2D eigenvalue weighted by Crippen LogP contribution is 2.39. The highest BCUT2D eigenvalue weighted by atomic mass is 15.2. The molecule has 2 saturated carbocycles. The number of fused-ring (bicyclic) bond motifs is 1. The molecule has 0 radical (unpaired) electrons. The Morgan fingerprint density at radius 1 is 1.12 bits per heavy atom. The van der Waals surface area contributed by atoms with Crippen LogP contribution in [0.1, 0.15) is 39.0 Å². The normalized spacial score (nSPS) is 36.6. The zero-order chi connectivity index (χ0) is 11.0. The smallest absolute Gasteiger partial charge is 0.0223 e. The fourth-order valence-electron chi connectivity index (χ4n) is 3.90. The number of likely N-dealkylation sites (N-methyl/N-ethyl adjacent to an activating group) is 1. The van der Waals surface area contributed by atoms with Crippen LogP contribution in [0, 0.1) is 17.8 Å². The van der Waals surface area contributed by atoms with Crippen molar-refractivity contribution in [2.75, 3.05) is 26.2 Å². The van der Waals surface area contributed by atoms with Crippen molar-refractivity contribution in [2.24, 2.45) is 17.8 Å². The second kappa shape index (κ2) is 4.66. The summed E-state index contributed by atoms with van der Waals surface area (Å²) in [5.41, 5.74) is 0. The molecular weight excluding hydrogens is 196 g/mol. The van der Waals surface area contributed by atoms with E-state index in [1.54, 1.807) is 0 Å². The van der Waals surface area contributed by atoms with Crippen LogP contribution < -0.4 is 5.32 Å². The topological polar surface area (TPSA) is 15.3 Å². The van der Waals surface area contributed by atoms with Crippen molar-refractivity contribution in [3.05, 3.63) is 0 Å². The molecule has 0 bridgehead atoms. The van der Waals surface area contributed by atoms with Crippen LogP contribution in [0.5, 0.6) is 0 Å². The van der Waals surface area contributed by atoms with Gasteiger partial charge in [0.25, 0.3) is 0 Å². The van der Waals surface area contributed by atoms with E-state index in [9.17, 15) is 0 Å². The second-order valence-corrected chi connectivity index (χ2v) is 6.17. The standard InChI is InChI=1S/C14H26N2/c1-2-15-14(11-6-7-11)10-16-8-12-4-3-5-13(12)9-16/h11-15H,2-10H2,1H3. The summed E-state index contributed by atoms with van der Waals surface area (Å²) in [7, 11) is 0. The van der Waals surface area contributed by atoms with Gasteiger partial charge in [-0.3, -0.25) is 0 Å². The number of nitrogens with zero attached hydrogens (tertiary/aromatic N) is 1. The lowest BCUT2D eigenvalue weighted by Crippen LogP contribution is -2.42. The maximum atomic E-state index is 3.70. The van der Waals surface area contributed by atoms with Gasteiger partial charge >= 0.3 is 0 Å². The summed E-state index contributed by atoms with van der Waals surface area (Å²) in [6.45, 7) is 7.51. The van der Waals surface area contributed by atoms with E-state index in [0.717, 1.165) is 30.3 Å². The summed E-state index contributed by atoms with van der Waals surface area (Å²) in [6, 6.07) is 0.795. The van der Waals surface area contributed by atoms with Crippen LogP contribution in [-0.4, -0.2) is 37.1 Å². The van der Waals surface area contributed by atoms with Crippen molar-refractivity contribution in [1.29, 1.82) is 0 Å². The fraction of sp³-hybridized carbons (Fsp3) is 1.00. The summed E-state index contributed by atoms with van der Waals surface area (Å²) in [5, 5.41) is 3.70. The molecule has 16 heavy (non-hydrogen) atoms. The molecule has 1 heterocycles. The summed E-state index contributed by atoms with van der Waals surface area (Å²) < 4.78 is 0. The van der Waals surface area contributed by atoms with Crippen LogP contribution in [0.25, 0.3) is 0 Å². The van der Waals surface area contributed by atoms with Gasteiger partial charge in [-0.25, -0.2) is 0 Å². The minimum Gasteiger partial charge on any atom is -0.313 e. The van der Waals surface area contributed by atoms with E-state index in [0.29, 0.717) is 0 Å². The van der Waals surface area contributed by atoms with E-state index in [2.05, 4.69) is 17.1 Å². The van der Waals surface area contributed by atoms with Gasteiger partial charge in [-0.15, -0.1) is 0 Å². The number of rotatable bonds is 5. The third-order valence-corrected chi connectivity index (χ3v) is 4.91. The first-order valence-electron chi connectivity index (χ1n) is 7.32. The first kappa shape index (κ1) is 11.0. The van der Waals surface area contributed by atoms with Crippen LogP contribution in [-0.2, 0) is 0 Å². The molecule has 0 aromatic heterocycles. The molecule has 2 heteroatoms. The molecule has 0 aromatic carbocycles. The van der Waals surface area contributed by atoms with Crippen molar-refractivity contribution in [3.63, 3.8) is 0 Å². The van der Waals surface area contributed by atoms with E-state index >= 15 is 0 Å². The molecule has 0 aromatic rings. The van der Waals surface area contributed by atoms with E-state index in [-0.39, 0.29) is 0 Å². The number of hydrogen-bond acceptors (Lipinski definition) is 2. The Morgan fingerprint density at radius 3 is 2.38 bits per heavy atom. The van der Waals surface area contributed by atoms with E-state index < -0.39 is 0 Å². The van der Waals surface area contributed by atoms with Crippen LogP contribution in [0.4, 0.5) is 0 Å². The van der Waals surface area contributed by atoms with Crippen LogP contribution in [0.3, 0.4) is 0 Å². The summed E-state index contributed by atoms with van der Waals surface area (Å²) >= 11 is 0. The molecule has 3 aliphatic rings. The van der Waals surface area contributed by atoms with Crippen LogP contribution in [0.2, 0.25) is 0 Å². The highest BCUT2D eigenvalue weighted by molar-refractivity contribution is 4.93. The first-order chi connectivity index (χ1) is 7.86. The monoisotopic (exact) mass is 222 g/mol. The third-order valence-electron chi connectivity index (χ3n) is 4.91. The molecule has 0 amide bonds. The summed E-state index contributed by atoms with van der Waals surface area (Å²) in [6.07, 6.45) is 7.46. The predicted octanol–water partition coefficient (Wildman–Crippen LogP) is 2.11. The van der Waals surface area contributed by atoms with E-state index in [1.165, 1.54) is 51.7 Å². The van der Waals surface area contributed by atoms with E-state index in [1.807, 2.05) is 0 Å². The van der Waals surface area contributed by atoms with Gasteiger partial charge in [0.2, 0.25) is 0 Å². The number of hydrogen-bond donors (Lipinski definition) is 1. The van der Waals surface area contributed by atoms with Crippen molar-refractivity contribution < 1.29 is 0 Å². The Bertz CT molecular complexity index is 225. The van der Waals surface area contributed by atoms with Gasteiger partial charge in [-0.2, -0.15) is 0 Å². The zero-order valence-electron chi connectivity index (χ0n) is 10.6. The third kappa shape index (κ3) is 2.28. The molecule has 2 aliphatic carbocycles.